The SMILES string of the molecule is CN(C(=O)OC(C)(C)C)C1=C(C=[N+]2CCc3ccccc32)c2ccccc2/C1=C\N1CCc2ccccc21.Cc1ccc(S(=O)(=O)[N+](C)=C2C(=CN3CCc4ccccc43)c3ccccc3/C2=C\N2CCc3ccccc32)cc1.O=S(=O)([O-])C(F)(F)F.O=S(=O)([O-])C(F)(F)F. The summed E-state index contributed by atoms with van der Waals surface area (Å²) in [6.07, 6.45) is 12.3. The van der Waals surface area contributed by atoms with E-state index in [4.69, 9.17) is 30.7 Å². The van der Waals surface area contributed by atoms with Gasteiger partial charge >= 0.3 is 27.1 Å². The summed E-state index contributed by atoms with van der Waals surface area (Å²) in [7, 11) is -12.5. The standard InChI is InChI=1S/C35H32N3O2S.C33H34N3O2.2CHF3O3S/c1-25-15-17-28(18-16-25)41(39,40)36(2)35-31(23-37-21-19-26-9-3-7-13-33(26)37)29-11-5-6-12-30(29)32(35)24-38-22-20-27-10-4-8-14-34(27)38;1-33(2,3)38-32(37)34(4)31-27(21-35-19-17-23-11-5-9-15-29(23)35)25-13-7-8-14-26(25)28(31)22-36-20-18-24-12-6-10-16-30(24)36;2*2-1(3,4)8(5,6)7/h3-18,23-24H,19-22H2,1-2H3;5-16,21-22H,17-20H2,1-4H3;2*(H,5,6,7)/q2*+1;;/p-2. The minimum atomic E-state index is -6.09. The number of carbonyl (C=O) groups is 1. The van der Waals surface area contributed by atoms with Crippen LogP contribution in [0, 0.1) is 6.92 Å². The number of anilines is 3. The van der Waals surface area contributed by atoms with E-state index in [0.717, 1.165) is 108 Å². The van der Waals surface area contributed by atoms with Gasteiger partial charge in [-0.2, -0.15) is 39.3 Å². The summed E-state index contributed by atoms with van der Waals surface area (Å²) >= 11 is 0. The van der Waals surface area contributed by atoms with Gasteiger partial charge in [0, 0.05) is 86.0 Å². The van der Waals surface area contributed by atoms with Crippen molar-refractivity contribution in [2.45, 2.75) is 74.9 Å². The van der Waals surface area contributed by atoms with Gasteiger partial charge < -0.3 is 28.5 Å². The molecule has 1 amide bonds. The Bertz CT molecular complexity index is 4570. The molecule has 95 heavy (non-hydrogen) atoms. The summed E-state index contributed by atoms with van der Waals surface area (Å²) in [4.78, 5) is 22.3. The van der Waals surface area contributed by atoms with Crippen molar-refractivity contribution in [1.29, 1.82) is 0 Å². The Morgan fingerprint density at radius 3 is 1.33 bits per heavy atom. The summed E-state index contributed by atoms with van der Waals surface area (Å²) in [6, 6.07) is 57.9. The molecule has 0 fully saturated rings. The Morgan fingerprint density at radius 2 is 0.905 bits per heavy atom. The number of carbonyl (C=O) groups excluding carboxylic acids is 1. The highest BCUT2D eigenvalue weighted by Crippen LogP contribution is 2.46. The minimum Gasteiger partial charge on any atom is -0.741 e. The van der Waals surface area contributed by atoms with Crippen LogP contribution in [0.2, 0.25) is 0 Å². The van der Waals surface area contributed by atoms with Crippen molar-refractivity contribution < 1.29 is 78.8 Å². The Kier molecular flexibility index (Phi) is 19.5. The molecular formula is C70H66F6N6O10S3. The largest absolute Gasteiger partial charge is 0.741 e. The average Bonchev–Trinajstić information content (AvgIpc) is 1.60. The molecule has 6 aliphatic rings. The quantitative estimate of drug-likeness (QED) is 0.0634. The molecule has 7 aromatic rings. The third-order valence-corrected chi connectivity index (χ3v) is 19.3. The van der Waals surface area contributed by atoms with E-state index in [9.17, 15) is 39.6 Å². The van der Waals surface area contributed by atoms with Crippen LogP contribution in [0.4, 0.5) is 53.9 Å². The monoisotopic (exact) mass is 1360 g/mol. The number of hydrogen-bond donors (Lipinski definition) is 0. The van der Waals surface area contributed by atoms with Crippen molar-refractivity contribution in [3.05, 3.63) is 244 Å². The molecule has 0 bridgehead atoms. The fourth-order valence-electron chi connectivity index (χ4n) is 12.0. The predicted molar refractivity (Wildman–Crippen MR) is 352 cm³/mol. The second-order valence-corrected chi connectivity index (χ2v) is 28.6. The van der Waals surface area contributed by atoms with Crippen molar-refractivity contribution in [1.82, 2.24) is 4.90 Å². The van der Waals surface area contributed by atoms with E-state index in [1.54, 1.807) is 24.1 Å². The Morgan fingerprint density at radius 1 is 0.537 bits per heavy atom. The third-order valence-electron chi connectivity index (χ3n) is 16.4. The summed E-state index contributed by atoms with van der Waals surface area (Å²) in [5.74, 6) is 0. The van der Waals surface area contributed by atoms with Crippen molar-refractivity contribution in [2.75, 3.05) is 55.0 Å². The molecule has 0 unspecified atom stereocenters. The van der Waals surface area contributed by atoms with Gasteiger partial charge in [-0.3, -0.25) is 4.90 Å². The van der Waals surface area contributed by atoms with E-state index in [2.05, 4.69) is 178 Å². The topological polar surface area (TPSA) is 194 Å². The Hall–Kier alpha value is -9.14. The van der Waals surface area contributed by atoms with Gasteiger partial charge in [0.15, 0.2) is 40.0 Å². The van der Waals surface area contributed by atoms with Gasteiger partial charge in [0.05, 0.1) is 22.4 Å². The van der Waals surface area contributed by atoms with Gasteiger partial charge in [-0.15, -0.1) is 3.98 Å². The zero-order valence-electron chi connectivity index (χ0n) is 52.4. The average molecular weight is 1360 g/mol. The second-order valence-electron chi connectivity index (χ2n) is 23.9. The molecule has 0 radical (unpaired) electrons. The first-order valence-electron chi connectivity index (χ1n) is 30.0. The number of alkyl halides is 6. The summed E-state index contributed by atoms with van der Waals surface area (Å²) in [6.45, 7) is 11.2. The maximum absolute atomic E-state index is 14.2. The molecule has 16 nitrogen and oxygen atoms in total. The van der Waals surface area contributed by atoms with E-state index in [1.165, 1.54) is 49.0 Å². The maximum atomic E-state index is 14.2. The van der Waals surface area contributed by atoms with Gasteiger partial charge in [-0.05, 0) is 116 Å². The molecule has 0 saturated carbocycles. The molecule has 2 aliphatic carbocycles. The number of nitrogens with zero attached hydrogens (tertiary/aromatic N) is 6. The molecule has 4 aliphatic heterocycles. The van der Waals surface area contributed by atoms with E-state index in [1.807, 2.05) is 59.0 Å². The van der Waals surface area contributed by atoms with Crippen LogP contribution in [0.25, 0.3) is 22.3 Å². The maximum Gasteiger partial charge on any atom is 0.485 e. The van der Waals surface area contributed by atoms with E-state index in [-0.39, 0.29) is 11.0 Å². The summed E-state index contributed by atoms with van der Waals surface area (Å²) in [5.41, 5.74) is 9.03. The number of likely N-dealkylation sites (N-methyl/N-ethyl adjacent to an activating group) is 1. The van der Waals surface area contributed by atoms with Crippen LogP contribution in [0.1, 0.15) is 70.8 Å². The van der Waals surface area contributed by atoms with Gasteiger partial charge in [0.1, 0.15) is 10.5 Å². The van der Waals surface area contributed by atoms with Gasteiger partial charge in [0.2, 0.25) is 11.4 Å². The number of hydrogen-bond acceptors (Lipinski definition) is 13. The van der Waals surface area contributed by atoms with Crippen LogP contribution >= 0.6 is 0 Å². The third kappa shape index (κ3) is 14.9. The van der Waals surface area contributed by atoms with Crippen LogP contribution in [0.3, 0.4) is 0 Å². The number of ether oxygens (including phenoxy) is 1. The lowest BCUT2D eigenvalue weighted by Crippen LogP contribution is -2.34. The highest BCUT2D eigenvalue weighted by atomic mass is 32.2. The first kappa shape index (κ1) is 68.7. The van der Waals surface area contributed by atoms with Crippen molar-refractivity contribution in [3.63, 3.8) is 0 Å². The lowest BCUT2D eigenvalue weighted by atomic mass is 10.0. The minimum absolute atomic E-state index is 0.283. The molecule has 496 valence electrons. The fourth-order valence-corrected chi connectivity index (χ4v) is 13.2. The fraction of sp³-hybridized carbons (Fsp3) is 0.243. The molecule has 7 aromatic carbocycles. The lowest BCUT2D eigenvalue weighted by Gasteiger charge is -2.27. The number of rotatable bonds is 7. The van der Waals surface area contributed by atoms with Crippen molar-refractivity contribution in [3.8, 4) is 0 Å². The van der Waals surface area contributed by atoms with Gasteiger partial charge in [-0.25, -0.2) is 21.6 Å². The number of aryl methyl sites for hydroxylation is 1. The lowest BCUT2D eigenvalue weighted by molar-refractivity contribution is -0.422. The Balaban J connectivity index is 0.000000169. The molecule has 25 heteroatoms. The summed E-state index contributed by atoms with van der Waals surface area (Å²) < 4.78 is 156. The second kappa shape index (κ2) is 26.9. The number of amides is 1. The Labute approximate surface area is 548 Å². The molecule has 0 atom stereocenters. The number of sulfonamides is 1. The number of benzene rings is 7. The van der Waals surface area contributed by atoms with Gasteiger partial charge in [0.25, 0.3) is 0 Å². The van der Waals surface area contributed by atoms with Crippen LogP contribution in [0.15, 0.2) is 199 Å². The normalized spacial score (nSPS) is 17.9. The zero-order valence-corrected chi connectivity index (χ0v) is 54.8. The molecule has 13 rings (SSSR count). The van der Waals surface area contributed by atoms with Gasteiger partial charge in [-0.1, -0.05) is 139 Å². The highest BCUT2D eigenvalue weighted by molar-refractivity contribution is 7.87. The van der Waals surface area contributed by atoms with Crippen LogP contribution < -0.4 is 14.7 Å². The molecule has 0 saturated heterocycles. The highest BCUT2D eigenvalue weighted by Gasteiger charge is 2.42. The zero-order chi connectivity index (χ0) is 68.6. The molecular weight excluding hydrogens is 1290 g/mol. The first-order chi connectivity index (χ1) is 44.7. The molecule has 0 N–H and O–H groups in total. The smallest absolute Gasteiger partial charge is 0.485 e. The summed E-state index contributed by atoms with van der Waals surface area (Å²) in [5, 5.41) is 0. The van der Waals surface area contributed by atoms with E-state index < -0.39 is 46.9 Å². The van der Waals surface area contributed by atoms with Crippen LogP contribution in [-0.4, -0.2) is 123 Å². The number of para-hydroxylation sites is 4. The van der Waals surface area contributed by atoms with Crippen molar-refractivity contribution >= 4 is 93.3 Å². The van der Waals surface area contributed by atoms with E-state index in [0.29, 0.717) is 5.71 Å². The predicted octanol–water partition coefficient (Wildman–Crippen LogP) is 13.0. The first-order valence-corrected chi connectivity index (χ1v) is 34.2. The van der Waals surface area contributed by atoms with E-state index >= 15 is 0 Å². The molecule has 0 aromatic heterocycles. The molecule has 4 heterocycles. The van der Waals surface area contributed by atoms with Crippen LogP contribution in [-0.2, 0) is 60.7 Å². The van der Waals surface area contributed by atoms with Crippen molar-refractivity contribution in [2.24, 2.45) is 0 Å². The number of halogens is 6. The number of allylic oxidation sites excluding steroid dienone is 4. The number of fused-ring (bicyclic) bond motifs is 6. The molecule has 0 spiro atoms. The van der Waals surface area contributed by atoms with Crippen LogP contribution in [0.5, 0.6) is 0 Å².